The predicted molar refractivity (Wildman–Crippen MR) is 97.9 cm³/mol. The molecule has 1 saturated heterocycles. The van der Waals surface area contributed by atoms with Gasteiger partial charge >= 0.3 is 6.03 Å². The van der Waals surface area contributed by atoms with Crippen LogP contribution in [-0.2, 0) is 11.3 Å². The van der Waals surface area contributed by atoms with E-state index in [1.807, 2.05) is 35.0 Å². The molecule has 2 amide bonds. The number of imidazole rings is 1. The van der Waals surface area contributed by atoms with Crippen molar-refractivity contribution < 1.29 is 9.53 Å². The minimum Gasteiger partial charge on any atom is -0.372 e. The van der Waals surface area contributed by atoms with Gasteiger partial charge in [0.1, 0.15) is 0 Å². The van der Waals surface area contributed by atoms with Crippen molar-refractivity contribution in [2.24, 2.45) is 0 Å². The van der Waals surface area contributed by atoms with Crippen LogP contribution in [0, 0.1) is 0 Å². The Kier molecular flexibility index (Phi) is 5.55. The first-order valence-electron chi connectivity index (χ1n) is 8.61. The van der Waals surface area contributed by atoms with E-state index in [1.54, 1.807) is 12.5 Å². The summed E-state index contributed by atoms with van der Waals surface area (Å²) < 4.78 is 7.68. The molecule has 0 bridgehead atoms. The zero-order valence-electron chi connectivity index (χ0n) is 14.7. The van der Waals surface area contributed by atoms with Gasteiger partial charge in [0, 0.05) is 49.9 Å². The van der Waals surface area contributed by atoms with Crippen LogP contribution >= 0.6 is 0 Å². The van der Waals surface area contributed by atoms with Crippen molar-refractivity contribution in [2.45, 2.75) is 32.6 Å². The summed E-state index contributed by atoms with van der Waals surface area (Å²) in [7, 11) is 0. The molecule has 1 aliphatic heterocycles. The Labute approximate surface area is 148 Å². The monoisotopic (exact) mass is 343 g/mol. The first kappa shape index (κ1) is 17.3. The van der Waals surface area contributed by atoms with Crippen molar-refractivity contribution in [3.05, 3.63) is 43.0 Å². The van der Waals surface area contributed by atoms with Gasteiger partial charge in [0.25, 0.3) is 0 Å². The van der Waals surface area contributed by atoms with Gasteiger partial charge < -0.3 is 24.8 Å². The van der Waals surface area contributed by atoms with Crippen molar-refractivity contribution >= 4 is 17.4 Å². The average molecular weight is 343 g/mol. The summed E-state index contributed by atoms with van der Waals surface area (Å²) in [4.78, 5) is 18.2. The topological polar surface area (TPSA) is 71.4 Å². The van der Waals surface area contributed by atoms with Crippen LogP contribution in [-0.4, -0.2) is 47.4 Å². The lowest BCUT2D eigenvalue weighted by atomic mass is 10.2. The lowest BCUT2D eigenvalue weighted by Crippen LogP contribution is -2.45. The van der Waals surface area contributed by atoms with Crippen LogP contribution in [0.3, 0.4) is 0 Å². The lowest BCUT2D eigenvalue weighted by molar-refractivity contribution is -0.00521. The molecule has 25 heavy (non-hydrogen) atoms. The molecular formula is C18H25N5O2. The molecule has 1 aromatic carbocycles. The van der Waals surface area contributed by atoms with E-state index in [0.717, 1.165) is 24.5 Å². The van der Waals surface area contributed by atoms with Gasteiger partial charge in [-0.1, -0.05) is 0 Å². The molecule has 134 valence electrons. The molecule has 1 fully saturated rings. The molecule has 2 aromatic rings. The fourth-order valence-electron chi connectivity index (χ4n) is 3.04. The molecule has 0 unspecified atom stereocenters. The van der Waals surface area contributed by atoms with Crippen molar-refractivity contribution in [1.29, 1.82) is 0 Å². The van der Waals surface area contributed by atoms with Crippen molar-refractivity contribution in [2.75, 3.05) is 29.9 Å². The van der Waals surface area contributed by atoms with E-state index in [0.29, 0.717) is 13.1 Å². The minimum absolute atomic E-state index is 0.207. The summed E-state index contributed by atoms with van der Waals surface area (Å²) in [5.74, 6) is 0. The highest BCUT2D eigenvalue weighted by atomic mass is 16.5. The number of carbonyl (C=O) groups excluding carboxylic acids is 1. The summed E-state index contributed by atoms with van der Waals surface area (Å²) in [6.07, 6.45) is 5.76. The first-order chi connectivity index (χ1) is 12.1. The van der Waals surface area contributed by atoms with E-state index in [9.17, 15) is 4.79 Å². The zero-order valence-corrected chi connectivity index (χ0v) is 14.7. The van der Waals surface area contributed by atoms with Gasteiger partial charge in [-0.3, -0.25) is 0 Å². The number of carbonyl (C=O) groups is 1. The third-order valence-electron chi connectivity index (χ3n) is 4.12. The highest BCUT2D eigenvalue weighted by molar-refractivity contribution is 5.89. The van der Waals surface area contributed by atoms with Gasteiger partial charge in [0.05, 0.1) is 18.5 Å². The molecule has 0 radical (unpaired) electrons. The number of aromatic nitrogens is 2. The van der Waals surface area contributed by atoms with E-state index in [4.69, 9.17) is 4.74 Å². The summed E-state index contributed by atoms with van der Waals surface area (Å²) >= 11 is 0. The maximum Gasteiger partial charge on any atom is 0.319 e. The van der Waals surface area contributed by atoms with Crippen LogP contribution in [0.4, 0.5) is 16.2 Å². The summed E-state index contributed by atoms with van der Waals surface area (Å²) in [5.41, 5.74) is 1.92. The Hall–Kier alpha value is -2.54. The molecule has 2 N–H and O–H groups in total. The molecule has 3 rings (SSSR count). The van der Waals surface area contributed by atoms with Gasteiger partial charge in [-0.25, -0.2) is 9.78 Å². The Morgan fingerprint density at radius 1 is 1.24 bits per heavy atom. The quantitative estimate of drug-likeness (QED) is 0.874. The van der Waals surface area contributed by atoms with Crippen molar-refractivity contribution in [3.8, 4) is 0 Å². The number of morpholine rings is 1. The van der Waals surface area contributed by atoms with Gasteiger partial charge in [0.2, 0.25) is 0 Å². The Morgan fingerprint density at radius 3 is 2.60 bits per heavy atom. The molecule has 0 aliphatic carbocycles. The highest BCUT2D eigenvalue weighted by Gasteiger charge is 2.22. The fraction of sp³-hybridized carbons (Fsp3) is 0.444. The van der Waals surface area contributed by atoms with Crippen LogP contribution in [0.2, 0.25) is 0 Å². The number of ether oxygens (including phenoxy) is 1. The highest BCUT2D eigenvalue weighted by Crippen LogP contribution is 2.22. The molecule has 7 nitrogen and oxygen atoms in total. The normalized spacial score (nSPS) is 20.3. The van der Waals surface area contributed by atoms with Crippen LogP contribution < -0.4 is 15.5 Å². The van der Waals surface area contributed by atoms with Crippen molar-refractivity contribution in [3.63, 3.8) is 0 Å². The number of rotatable bonds is 5. The second-order valence-electron chi connectivity index (χ2n) is 6.39. The molecular weight excluding hydrogens is 318 g/mol. The van der Waals surface area contributed by atoms with Crippen LogP contribution in [0.15, 0.2) is 43.0 Å². The summed E-state index contributed by atoms with van der Waals surface area (Å²) in [6, 6.07) is 7.71. The SMILES string of the molecule is C[C@H]1CN(c2ccc(NC(=O)NCCn3ccnc3)cc2)C[C@H](C)O1. The van der Waals surface area contributed by atoms with Crippen LogP contribution in [0.5, 0.6) is 0 Å². The van der Waals surface area contributed by atoms with Gasteiger partial charge in [-0.2, -0.15) is 0 Å². The number of benzene rings is 1. The fourth-order valence-corrected chi connectivity index (χ4v) is 3.04. The van der Waals surface area contributed by atoms with E-state index in [-0.39, 0.29) is 18.2 Å². The van der Waals surface area contributed by atoms with Crippen molar-refractivity contribution in [1.82, 2.24) is 14.9 Å². The summed E-state index contributed by atoms with van der Waals surface area (Å²) in [6.45, 7) is 7.18. The molecule has 2 atom stereocenters. The number of hydrogen-bond acceptors (Lipinski definition) is 4. The van der Waals surface area contributed by atoms with E-state index < -0.39 is 0 Å². The zero-order chi connectivity index (χ0) is 17.6. The number of nitrogens with zero attached hydrogens (tertiary/aromatic N) is 3. The maximum absolute atomic E-state index is 11.9. The predicted octanol–water partition coefficient (Wildman–Crippen LogP) is 2.32. The first-order valence-corrected chi connectivity index (χ1v) is 8.61. The standard InChI is InChI=1S/C18H25N5O2/c1-14-11-23(12-15(2)25-14)17-5-3-16(4-6-17)21-18(24)20-8-10-22-9-7-19-13-22/h3-7,9,13-15H,8,10-12H2,1-2H3,(H2,20,21,24)/t14-,15-/m0/s1. The van der Waals surface area contributed by atoms with Gasteiger partial charge in [-0.15, -0.1) is 0 Å². The second kappa shape index (κ2) is 8.02. The second-order valence-corrected chi connectivity index (χ2v) is 6.39. The van der Waals surface area contributed by atoms with Gasteiger partial charge in [0.15, 0.2) is 0 Å². The Balaban J connectivity index is 1.47. The number of urea groups is 1. The number of nitrogens with one attached hydrogen (secondary N) is 2. The van der Waals surface area contributed by atoms with Crippen LogP contribution in [0.1, 0.15) is 13.8 Å². The van der Waals surface area contributed by atoms with E-state index in [2.05, 4.69) is 34.4 Å². The average Bonchev–Trinajstić information content (AvgIpc) is 3.08. The maximum atomic E-state index is 11.9. The Morgan fingerprint density at radius 2 is 1.96 bits per heavy atom. The lowest BCUT2D eigenvalue weighted by Gasteiger charge is -2.36. The molecule has 2 heterocycles. The third kappa shape index (κ3) is 4.96. The molecule has 1 aliphatic rings. The number of anilines is 2. The molecule has 0 spiro atoms. The third-order valence-corrected chi connectivity index (χ3v) is 4.12. The summed E-state index contributed by atoms with van der Waals surface area (Å²) in [5, 5.41) is 5.68. The van der Waals surface area contributed by atoms with E-state index in [1.165, 1.54) is 0 Å². The van der Waals surface area contributed by atoms with Gasteiger partial charge in [-0.05, 0) is 38.1 Å². The Bertz CT molecular complexity index is 661. The number of amides is 2. The molecule has 1 aromatic heterocycles. The largest absolute Gasteiger partial charge is 0.372 e. The number of hydrogen-bond donors (Lipinski definition) is 2. The van der Waals surface area contributed by atoms with Crippen LogP contribution in [0.25, 0.3) is 0 Å². The minimum atomic E-state index is -0.207. The molecule has 7 heteroatoms. The smallest absolute Gasteiger partial charge is 0.319 e. The van der Waals surface area contributed by atoms with E-state index >= 15 is 0 Å². The molecule has 0 saturated carbocycles.